The average molecular weight is 394 g/mol. The first kappa shape index (κ1) is 18.7. The number of nitrogens with zero attached hydrogens (tertiary/aromatic N) is 2. The minimum Gasteiger partial charge on any atom is -0.497 e. The van der Waals surface area contributed by atoms with Gasteiger partial charge in [0.25, 0.3) is 11.8 Å². The Morgan fingerprint density at radius 1 is 1.03 bits per heavy atom. The third-order valence-electron chi connectivity index (χ3n) is 5.04. The number of amides is 3. The van der Waals surface area contributed by atoms with Gasteiger partial charge in [-0.3, -0.25) is 19.2 Å². The van der Waals surface area contributed by atoms with Gasteiger partial charge in [-0.2, -0.15) is 0 Å². The van der Waals surface area contributed by atoms with Crippen molar-refractivity contribution in [3.05, 3.63) is 59.7 Å². The Morgan fingerprint density at radius 2 is 1.72 bits per heavy atom. The van der Waals surface area contributed by atoms with Crippen molar-refractivity contribution in [2.45, 2.75) is 6.42 Å². The molecule has 2 aromatic rings. The van der Waals surface area contributed by atoms with Crippen LogP contribution >= 0.6 is 0 Å². The van der Waals surface area contributed by atoms with E-state index in [0.717, 1.165) is 4.90 Å². The number of anilines is 1. The largest absolute Gasteiger partial charge is 0.497 e. The summed E-state index contributed by atoms with van der Waals surface area (Å²) in [4.78, 5) is 51.9. The van der Waals surface area contributed by atoms with Crippen LogP contribution in [0, 0.1) is 5.92 Å². The molecule has 4 rings (SSSR count). The van der Waals surface area contributed by atoms with Gasteiger partial charge in [-0.25, -0.2) is 4.90 Å². The van der Waals surface area contributed by atoms with Crippen LogP contribution in [0.1, 0.15) is 27.1 Å². The average Bonchev–Trinajstić information content (AvgIpc) is 3.25. The summed E-state index contributed by atoms with van der Waals surface area (Å²) in [6, 6.07) is 13.4. The summed E-state index contributed by atoms with van der Waals surface area (Å²) in [5, 5.41) is 0. The van der Waals surface area contributed by atoms with Gasteiger partial charge in [0.1, 0.15) is 5.75 Å². The van der Waals surface area contributed by atoms with E-state index in [1.165, 1.54) is 12.0 Å². The lowest BCUT2D eigenvalue weighted by atomic mass is 10.1. The predicted octanol–water partition coefficient (Wildman–Crippen LogP) is 1.85. The number of carbonyl (C=O) groups excluding carboxylic acids is 4. The molecular formula is C21H18N2O6. The van der Waals surface area contributed by atoms with Gasteiger partial charge in [0.15, 0.2) is 6.73 Å². The molecule has 0 radical (unpaired) electrons. The maximum absolute atomic E-state index is 12.5. The molecular weight excluding hydrogens is 376 g/mol. The number of benzene rings is 2. The standard InChI is InChI=1S/C21H18N2O6/c1-28-15-6-4-5-14(10-15)22-11-13(9-18(22)24)21(27)29-12-23-19(25)16-7-2-3-8-17(16)20(23)26/h2-8,10,13H,9,11-12H2,1H3. The first-order valence-electron chi connectivity index (χ1n) is 9.06. The number of carbonyl (C=O) groups is 4. The Balaban J connectivity index is 1.39. The van der Waals surface area contributed by atoms with E-state index in [4.69, 9.17) is 9.47 Å². The number of imide groups is 1. The van der Waals surface area contributed by atoms with Crippen LogP contribution in [0.25, 0.3) is 0 Å². The van der Waals surface area contributed by atoms with Gasteiger partial charge in [-0.15, -0.1) is 0 Å². The summed E-state index contributed by atoms with van der Waals surface area (Å²) in [5.74, 6) is -1.91. The lowest BCUT2D eigenvalue weighted by molar-refractivity contribution is -0.151. The summed E-state index contributed by atoms with van der Waals surface area (Å²) in [7, 11) is 1.53. The van der Waals surface area contributed by atoms with E-state index in [1.54, 1.807) is 48.5 Å². The molecule has 2 aliphatic heterocycles. The third kappa shape index (κ3) is 3.33. The highest BCUT2D eigenvalue weighted by Gasteiger charge is 2.39. The van der Waals surface area contributed by atoms with E-state index >= 15 is 0 Å². The molecule has 8 heteroatoms. The summed E-state index contributed by atoms with van der Waals surface area (Å²) in [6.45, 7) is -0.317. The highest BCUT2D eigenvalue weighted by atomic mass is 16.5. The Hall–Kier alpha value is -3.68. The number of hydrogen-bond acceptors (Lipinski definition) is 6. The van der Waals surface area contributed by atoms with Gasteiger partial charge < -0.3 is 14.4 Å². The highest BCUT2D eigenvalue weighted by Crippen LogP contribution is 2.29. The molecule has 148 valence electrons. The maximum Gasteiger partial charge on any atom is 0.313 e. The molecule has 1 fully saturated rings. The first-order valence-corrected chi connectivity index (χ1v) is 9.06. The van der Waals surface area contributed by atoms with Crippen molar-refractivity contribution in [1.29, 1.82) is 0 Å². The molecule has 1 atom stereocenters. The van der Waals surface area contributed by atoms with Gasteiger partial charge in [-0.05, 0) is 24.3 Å². The van der Waals surface area contributed by atoms with Crippen molar-refractivity contribution in [3.8, 4) is 5.75 Å². The van der Waals surface area contributed by atoms with Gasteiger partial charge in [0.2, 0.25) is 5.91 Å². The number of esters is 1. The molecule has 2 aliphatic rings. The molecule has 1 unspecified atom stereocenters. The fraction of sp³-hybridized carbons (Fsp3) is 0.238. The monoisotopic (exact) mass is 394 g/mol. The van der Waals surface area contributed by atoms with E-state index in [-0.39, 0.29) is 30.0 Å². The molecule has 0 bridgehead atoms. The molecule has 0 aliphatic carbocycles. The normalized spacial score (nSPS) is 18.2. The SMILES string of the molecule is COc1cccc(N2CC(C(=O)OCN3C(=O)c4ccccc4C3=O)CC2=O)c1. The zero-order valence-corrected chi connectivity index (χ0v) is 15.7. The third-order valence-corrected chi connectivity index (χ3v) is 5.04. The zero-order chi connectivity index (χ0) is 20.5. The van der Waals surface area contributed by atoms with Gasteiger partial charge in [0, 0.05) is 24.7 Å². The Bertz CT molecular complexity index is 983. The van der Waals surface area contributed by atoms with E-state index in [0.29, 0.717) is 11.4 Å². The molecule has 2 heterocycles. The van der Waals surface area contributed by atoms with Crippen LogP contribution in [0.3, 0.4) is 0 Å². The first-order chi connectivity index (χ1) is 14.0. The Labute approximate surface area is 166 Å². The summed E-state index contributed by atoms with van der Waals surface area (Å²) >= 11 is 0. The van der Waals surface area contributed by atoms with Gasteiger partial charge in [0.05, 0.1) is 24.2 Å². The van der Waals surface area contributed by atoms with Crippen LogP contribution in [0.15, 0.2) is 48.5 Å². The van der Waals surface area contributed by atoms with Crippen molar-refractivity contribution >= 4 is 29.4 Å². The molecule has 1 saturated heterocycles. The molecule has 0 saturated carbocycles. The van der Waals surface area contributed by atoms with Crippen LogP contribution in [-0.4, -0.2) is 49.0 Å². The van der Waals surface area contributed by atoms with Crippen molar-refractivity contribution in [2.75, 3.05) is 25.3 Å². The molecule has 0 spiro atoms. The molecule has 0 N–H and O–H groups in total. The van der Waals surface area contributed by atoms with Crippen LogP contribution < -0.4 is 9.64 Å². The Morgan fingerprint density at radius 3 is 2.38 bits per heavy atom. The number of ether oxygens (including phenoxy) is 2. The number of rotatable bonds is 5. The fourth-order valence-electron chi connectivity index (χ4n) is 3.50. The van der Waals surface area contributed by atoms with E-state index in [2.05, 4.69) is 0 Å². The topological polar surface area (TPSA) is 93.2 Å². The predicted molar refractivity (Wildman–Crippen MR) is 101 cm³/mol. The van der Waals surface area contributed by atoms with Gasteiger partial charge >= 0.3 is 5.97 Å². The van der Waals surface area contributed by atoms with E-state index in [9.17, 15) is 19.2 Å². The molecule has 29 heavy (non-hydrogen) atoms. The maximum atomic E-state index is 12.5. The molecule has 8 nitrogen and oxygen atoms in total. The van der Waals surface area contributed by atoms with Crippen molar-refractivity contribution in [3.63, 3.8) is 0 Å². The summed E-state index contributed by atoms with van der Waals surface area (Å²) in [6.07, 6.45) is -0.00182. The van der Waals surface area contributed by atoms with Gasteiger partial charge in [-0.1, -0.05) is 18.2 Å². The zero-order valence-electron chi connectivity index (χ0n) is 15.7. The lowest BCUT2D eigenvalue weighted by Crippen LogP contribution is -2.35. The van der Waals surface area contributed by atoms with Crippen molar-refractivity contribution in [1.82, 2.24) is 4.90 Å². The lowest BCUT2D eigenvalue weighted by Gasteiger charge is -2.18. The number of fused-ring (bicyclic) bond motifs is 1. The molecule has 2 aromatic carbocycles. The van der Waals surface area contributed by atoms with Crippen LogP contribution in [-0.2, 0) is 14.3 Å². The fourth-order valence-corrected chi connectivity index (χ4v) is 3.50. The minimum atomic E-state index is -0.677. The summed E-state index contributed by atoms with van der Waals surface area (Å²) < 4.78 is 10.4. The number of methoxy groups -OCH3 is 1. The van der Waals surface area contributed by atoms with E-state index in [1.807, 2.05) is 0 Å². The van der Waals surface area contributed by atoms with Crippen LogP contribution in [0.4, 0.5) is 5.69 Å². The quantitative estimate of drug-likeness (QED) is 0.568. The minimum absolute atomic E-state index is 0.00182. The molecule has 0 aromatic heterocycles. The second-order valence-electron chi connectivity index (χ2n) is 6.78. The van der Waals surface area contributed by atoms with Crippen LogP contribution in [0.5, 0.6) is 5.75 Å². The molecule has 3 amide bonds. The van der Waals surface area contributed by atoms with Crippen molar-refractivity contribution < 1.29 is 28.7 Å². The van der Waals surface area contributed by atoms with Crippen LogP contribution in [0.2, 0.25) is 0 Å². The summed E-state index contributed by atoms with van der Waals surface area (Å²) in [5.41, 5.74) is 1.20. The van der Waals surface area contributed by atoms with E-state index < -0.39 is 30.4 Å². The second-order valence-corrected chi connectivity index (χ2v) is 6.78. The number of hydrogen-bond donors (Lipinski definition) is 0. The highest BCUT2D eigenvalue weighted by molar-refractivity contribution is 6.21. The second kappa shape index (κ2) is 7.38. The smallest absolute Gasteiger partial charge is 0.313 e. The Kier molecular flexibility index (Phi) is 4.75. The van der Waals surface area contributed by atoms with Crippen molar-refractivity contribution in [2.24, 2.45) is 5.92 Å².